The molecule has 0 radical (unpaired) electrons. The Hall–Kier alpha value is -0.990. The average molecular weight is 552 g/mol. The number of unbranched alkanes of at least 4 members (excludes halogenated alkanes) is 14. The highest BCUT2D eigenvalue weighted by atomic mass is 31.2. The van der Waals surface area contributed by atoms with E-state index >= 15 is 0 Å². The van der Waals surface area contributed by atoms with Crippen LogP contribution in [-0.4, -0.2) is 49.3 Å². The second kappa shape index (κ2) is 25.3. The third-order valence-electron chi connectivity index (χ3n) is 5.99. The van der Waals surface area contributed by atoms with Crippen molar-refractivity contribution in [1.29, 1.82) is 0 Å². The Balaban J connectivity index is 4.18. The number of hydrogen-bond acceptors (Lipinski definition) is 8. The molecule has 9 nitrogen and oxygen atoms in total. The van der Waals surface area contributed by atoms with Crippen LogP contribution in [0.5, 0.6) is 0 Å². The zero-order valence-corrected chi connectivity index (χ0v) is 24.4. The molecule has 3 N–H and O–H groups in total. The van der Waals surface area contributed by atoms with E-state index in [0.717, 1.165) is 25.7 Å². The van der Waals surface area contributed by atoms with Crippen LogP contribution in [0.15, 0.2) is 0 Å². The number of esters is 2. The molecule has 10 heteroatoms. The van der Waals surface area contributed by atoms with Crippen molar-refractivity contribution in [2.24, 2.45) is 5.73 Å². The molecule has 0 aromatic heterocycles. The van der Waals surface area contributed by atoms with Gasteiger partial charge in [0.1, 0.15) is 6.61 Å². The topological polar surface area (TPSA) is 134 Å². The van der Waals surface area contributed by atoms with Crippen molar-refractivity contribution in [1.82, 2.24) is 0 Å². The van der Waals surface area contributed by atoms with Gasteiger partial charge in [-0.15, -0.1) is 0 Å². The smallest absolute Gasteiger partial charge is 0.462 e. The third kappa shape index (κ3) is 25.1. The van der Waals surface area contributed by atoms with Crippen LogP contribution in [0.3, 0.4) is 0 Å². The molecule has 0 amide bonds. The minimum atomic E-state index is -4.34. The van der Waals surface area contributed by atoms with Crippen molar-refractivity contribution < 1.29 is 37.6 Å². The van der Waals surface area contributed by atoms with Gasteiger partial charge in [0.05, 0.1) is 13.2 Å². The number of carbonyl (C=O) groups is 2. The van der Waals surface area contributed by atoms with Crippen molar-refractivity contribution in [2.75, 3.05) is 26.4 Å². The predicted molar refractivity (Wildman–Crippen MR) is 146 cm³/mol. The first-order valence-electron chi connectivity index (χ1n) is 14.5. The summed E-state index contributed by atoms with van der Waals surface area (Å²) in [5.74, 6) is -0.855. The Morgan fingerprint density at radius 1 is 0.703 bits per heavy atom. The van der Waals surface area contributed by atoms with Gasteiger partial charge in [0.25, 0.3) is 0 Å². The van der Waals surface area contributed by atoms with Gasteiger partial charge < -0.3 is 20.1 Å². The Morgan fingerprint density at radius 2 is 1.16 bits per heavy atom. The highest BCUT2D eigenvalue weighted by Gasteiger charge is 2.25. The molecule has 1 unspecified atom stereocenters. The van der Waals surface area contributed by atoms with Gasteiger partial charge in [-0.2, -0.15) is 0 Å². The lowest BCUT2D eigenvalue weighted by Gasteiger charge is -2.19. The Morgan fingerprint density at radius 3 is 1.70 bits per heavy atom. The highest BCUT2D eigenvalue weighted by Crippen LogP contribution is 2.43. The van der Waals surface area contributed by atoms with Crippen molar-refractivity contribution >= 4 is 19.8 Å². The van der Waals surface area contributed by atoms with Gasteiger partial charge in [-0.25, -0.2) is 4.57 Å². The Bertz CT molecular complexity index is 605. The van der Waals surface area contributed by atoms with Crippen LogP contribution in [0.1, 0.15) is 129 Å². The molecule has 0 aliphatic heterocycles. The fourth-order valence-electron chi connectivity index (χ4n) is 3.81. The molecule has 0 saturated carbocycles. The van der Waals surface area contributed by atoms with E-state index in [0.29, 0.717) is 12.8 Å². The van der Waals surface area contributed by atoms with Gasteiger partial charge >= 0.3 is 19.8 Å². The van der Waals surface area contributed by atoms with Crippen LogP contribution in [0, 0.1) is 0 Å². The van der Waals surface area contributed by atoms with Gasteiger partial charge in [-0.3, -0.25) is 18.6 Å². The predicted octanol–water partition coefficient (Wildman–Crippen LogP) is 6.60. The molecule has 0 saturated heterocycles. The quantitative estimate of drug-likeness (QED) is 0.0658. The van der Waals surface area contributed by atoms with Gasteiger partial charge in [-0.05, 0) is 12.8 Å². The lowest BCUT2D eigenvalue weighted by Crippen LogP contribution is -2.29. The summed E-state index contributed by atoms with van der Waals surface area (Å²) in [5, 5.41) is 0. The first-order valence-corrected chi connectivity index (χ1v) is 16.0. The van der Waals surface area contributed by atoms with Crippen molar-refractivity contribution in [3.63, 3.8) is 0 Å². The standard InChI is InChI=1S/C27H54NO8P/c1-3-5-7-8-9-10-11-12-13-14-15-16-18-20-27(30)36-25(23-33-26(29)19-17-6-4-2)24-35-37(31,32)34-22-21-28/h25H,3-24,28H2,1-2H3,(H,31,32)/t25-/m1/s1. The number of rotatable bonds is 27. The second-order valence-electron chi connectivity index (χ2n) is 9.63. The molecule has 37 heavy (non-hydrogen) atoms. The summed E-state index contributed by atoms with van der Waals surface area (Å²) >= 11 is 0. The summed E-state index contributed by atoms with van der Waals surface area (Å²) in [6.07, 6.45) is 17.9. The molecule has 0 heterocycles. The minimum Gasteiger partial charge on any atom is -0.462 e. The molecule has 0 aromatic rings. The summed E-state index contributed by atoms with van der Waals surface area (Å²) < 4.78 is 32.1. The van der Waals surface area contributed by atoms with Gasteiger partial charge in [0.2, 0.25) is 0 Å². The van der Waals surface area contributed by atoms with E-state index in [-0.39, 0.29) is 32.6 Å². The van der Waals surface area contributed by atoms with Crippen LogP contribution < -0.4 is 5.73 Å². The Labute approximate surface area is 225 Å². The fourth-order valence-corrected chi connectivity index (χ4v) is 4.57. The van der Waals surface area contributed by atoms with E-state index in [1.165, 1.54) is 64.2 Å². The summed E-state index contributed by atoms with van der Waals surface area (Å²) in [4.78, 5) is 33.9. The van der Waals surface area contributed by atoms with Crippen molar-refractivity contribution in [2.45, 2.75) is 136 Å². The number of phosphoric ester groups is 1. The summed E-state index contributed by atoms with van der Waals surface area (Å²) in [6.45, 7) is 3.51. The third-order valence-corrected chi connectivity index (χ3v) is 6.98. The lowest BCUT2D eigenvalue weighted by atomic mass is 10.0. The average Bonchev–Trinajstić information content (AvgIpc) is 2.87. The van der Waals surface area contributed by atoms with E-state index in [2.05, 4.69) is 6.92 Å². The summed E-state index contributed by atoms with van der Waals surface area (Å²) in [7, 11) is -4.34. The van der Waals surface area contributed by atoms with E-state index in [9.17, 15) is 19.0 Å². The van der Waals surface area contributed by atoms with Crippen LogP contribution in [0.2, 0.25) is 0 Å². The first kappa shape index (κ1) is 36.0. The summed E-state index contributed by atoms with van der Waals surface area (Å²) in [6, 6.07) is 0. The molecule has 0 aromatic carbocycles. The molecule has 0 rings (SSSR count). The maximum absolute atomic E-state index is 12.3. The van der Waals surface area contributed by atoms with Crippen LogP contribution >= 0.6 is 7.82 Å². The molecule has 0 spiro atoms. The largest absolute Gasteiger partial charge is 0.472 e. The van der Waals surface area contributed by atoms with E-state index in [1.54, 1.807) is 0 Å². The maximum atomic E-state index is 12.3. The normalized spacial score (nSPS) is 13.7. The fraction of sp³-hybridized carbons (Fsp3) is 0.926. The number of phosphoric acid groups is 1. The van der Waals surface area contributed by atoms with Crippen LogP contribution in [0.25, 0.3) is 0 Å². The van der Waals surface area contributed by atoms with Crippen LogP contribution in [-0.2, 0) is 32.7 Å². The Kier molecular flexibility index (Phi) is 24.6. The number of hydrogen-bond donors (Lipinski definition) is 2. The molecule has 220 valence electrons. The molecule has 0 bridgehead atoms. The van der Waals surface area contributed by atoms with Crippen LogP contribution in [0.4, 0.5) is 0 Å². The second-order valence-corrected chi connectivity index (χ2v) is 11.1. The number of nitrogens with two attached hydrogens (primary N) is 1. The highest BCUT2D eigenvalue weighted by molar-refractivity contribution is 7.47. The molecule has 0 aliphatic rings. The van der Waals surface area contributed by atoms with E-state index < -0.39 is 32.5 Å². The number of carbonyl (C=O) groups excluding carboxylic acids is 2. The van der Waals surface area contributed by atoms with Gasteiger partial charge in [-0.1, -0.05) is 104 Å². The molecular weight excluding hydrogens is 497 g/mol. The molecular formula is C27H54NO8P. The van der Waals surface area contributed by atoms with Crippen molar-refractivity contribution in [3.05, 3.63) is 0 Å². The number of ether oxygens (including phenoxy) is 2. The molecule has 2 atom stereocenters. The van der Waals surface area contributed by atoms with E-state index in [1.807, 2.05) is 6.92 Å². The SMILES string of the molecule is CCCCCCCCCCCCCCCC(=O)O[C@H](COC(=O)CCCCC)COP(=O)(O)OCCN. The first-order chi connectivity index (χ1) is 17.8. The maximum Gasteiger partial charge on any atom is 0.472 e. The molecule has 0 fully saturated rings. The minimum absolute atomic E-state index is 0.0564. The zero-order chi connectivity index (χ0) is 27.6. The zero-order valence-electron chi connectivity index (χ0n) is 23.5. The summed E-state index contributed by atoms with van der Waals surface area (Å²) in [5.41, 5.74) is 5.27. The monoisotopic (exact) mass is 551 g/mol. The van der Waals surface area contributed by atoms with Gasteiger partial charge in [0, 0.05) is 19.4 Å². The lowest BCUT2D eigenvalue weighted by molar-refractivity contribution is -0.161. The molecule has 0 aliphatic carbocycles. The van der Waals surface area contributed by atoms with Gasteiger partial charge in [0.15, 0.2) is 6.10 Å². The van der Waals surface area contributed by atoms with Crippen molar-refractivity contribution in [3.8, 4) is 0 Å². The van der Waals surface area contributed by atoms with E-state index in [4.69, 9.17) is 24.3 Å².